The van der Waals surface area contributed by atoms with Crippen LogP contribution in [0.3, 0.4) is 0 Å². The fraction of sp³-hybridized carbons (Fsp3) is 0. The zero-order chi connectivity index (χ0) is 35.0. The summed E-state index contributed by atoms with van der Waals surface area (Å²) in [4.78, 5) is 14.4. The van der Waals surface area contributed by atoms with E-state index in [1.165, 1.54) is 21.7 Å². The van der Waals surface area contributed by atoms with Crippen LogP contribution >= 0.6 is 0 Å². The topological polar surface area (TPSA) is 40.1 Å². The molecule has 4 nitrogen and oxygen atoms in total. The Kier molecular flexibility index (Phi) is 6.37. The maximum atomic E-state index is 14.4. The average molecular weight is 679 g/mol. The van der Waals surface area contributed by atoms with Crippen molar-refractivity contribution in [3.8, 4) is 33.6 Å². The normalized spacial score (nSPS) is 11.8. The highest BCUT2D eigenvalue weighted by atomic mass is 16.3. The molecule has 0 atom stereocenters. The number of aromatic nitrogens is 2. The Labute approximate surface area is 304 Å². The smallest absolute Gasteiger partial charge is 0.201 e. The zero-order valence-electron chi connectivity index (χ0n) is 28.5. The maximum absolute atomic E-state index is 14.4. The summed E-state index contributed by atoms with van der Waals surface area (Å²) in [6.07, 6.45) is 0. The van der Waals surface area contributed by atoms with Gasteiger partial charge in [0.15, 0.2) is 0 Å². The number of rotatable bonds is 4. The molecule has 4 heteroatoms. The highest BCUT2D eigenvalue weighted by Crippen LogP contribution is 2.38. The molecule has 3 heterocycles. The van der Waals surface area contributed by atoms with Gasteiger partial charge in [0.05, 0.1) is 32.8 Å². The summed E-state index contributed by atoms with van der Waals surface area (Å²) < 4.78 is 11.2. The van der Waals surface area contributed by atoms with Crippen LogP contribution in [0, 0.1) is 0 Å². The van der Waals surface area contributed by atoms with E-state index in [9.17, 15) is 4.79 Å². The Hall–Kier alpha value is -7.17. The fourth-order valence-electron chi connectivity index (χ4n) is 8.32. The summed E-state index contributed by atoms with van der Waals surface area (Å²) >= 11 is 0. The highest BCUT2D eigenvalue weighted by Gasteiger charge is 2.18. The summed E-state index contributed by atoms with van der Waals surface area (Å²) in [7, 11) is 0. The predicted octanol–water partition coefficient (Wildman–Crippen LogP) is 12.5. The van der Waals surface area contributed by atoms with Crippen molar-refractivity contribution in [2.24, 2.45) is 0 Å². The van der Waals surface area contributed by atoms with Crippen molar-refractivity contribution in [2.45, 2.75) is 0 Å². The van der Waals surface area contributed by atoms with Crippen molar-refractivity contribution < 1.29 is 4.42 Å². The molecule has 0 aliphatic heterocycles. The second-order valence-corrected chi connectivity index (χ2v) is 13.7. The fourth-order valence-corrected chi connectivity index (χ4v) is 8.32. The van der Waals surface area contributed by atoms with Gasteiger partial charge in [-0.05, 0) is 101 Å². The molecule has 0 amide bonds. The van der Waals surface area contributed by atoms with Crippen LogP contribution in [0.1, 0.15) is 0 Å². The SMILES string of the molecule is O=c1c2ccc(-c3ccc4c(c3)c3ccccc3n4-c3ccccc3)cc2oc2cccc(-c3ccc4c(c3)c3ccccc3n4-c3ccccc3)c12. The molecule has 0 fully saturated rings. The van der Waals surface area contributed by atoms with E-state index in [1.54, 1.807) is 0 Å². The van der Waals surface area contributed by atoms with Crippen molar-refractivity contribution in [2.75, 3.05) is 0 Å². The van der Waals surface area contributed by atoms with Gasteiger partial charge in [-0.15, -0.1) is 0 Å². The van der Waals surface area contributed by atoms with E-state index >= 15 is 0 Å². The van der Waals surface area contributed by atoms with Gasteiger partial charge in [-0.3, -0.25) is 4.79 Å². The first-order chi connectivity index (χ1) is 26.2. The first-order valence-electron chi connectivity index (χ1n) is 17.9. The van der Waals surface area contributed by atoms with Crippen LogP contribution in [0.15, 0.2) is 191 Å². The van der Waals surface area contributed by atoms with Crippen molar-refractivity contribution in [1.82, 2.24) is 9.13 Å². The average Bonchev–Trinajstić information content (AvgIpc) is 3.73. The van der Waals surface area contributed by atoms with Crippen molar-refractivity contribution in [3.63, 3.8) is 0 Å². The minimum Gasteiger partial charge on any atom is -0.456 e. The van der Waals surface area contributed by atoms with Crippen LogP contribution in [-0.4, -0.2) is 9.13 Å². The van der Waals surface area contributed by atoms with Crippen LogP contribution in [0.25, 0.3) is 99.2 Å². The van der Waals surface area contributed by atoms with Gasteiger partial charge in [-0.1, -0.05) is 103 Å². The molecule has 53 heavy (non-hydrogen) atoms. The lowest BCUT2D eigenvalue weighted by molar-refractivity contribution is 0.660. The Morgan fingerprint density at radius 2 is 0.868 bits per heavy atom. The molecule has 0 aliphatic rings. The highest BCUT2D eigenvalue weighted by molar-refractivity contribution is 6.12. The van der Waals surface area contributed by atoms with E-state index in [0.29, 0.717) is 21.9 Å². The molecule has 8 aromatic carbocycles. The third kappa shape index (κ3) is 4.46. The maximum Gasteiger partial charge on any atom is 0.201 e. The Morgan fingerprint density at radius 3 is 1.51 bits per heavy atom. The largest absolute Gasteiger partial charge is 0.456 e. The third-order valence-electron chi connectivity index (χ3n) is 10.7. The monoisotopic (exact) mass is 678 g/mol. The second kappa shape index (κ2) is 11.4. The lowest BCUT2D eigenvalue weighted by Gasteiger charge is -2.10. The third-order valence-corrected chi connectivity index (χ3v) is 10.7. The van der Waals surface area contributed by atoms with Crippen LogP contribution in [0.2, 0.25) is 0 Å². The number of benzene rings is 8. The summed E-state index contributed by atoms with van der Waals surface area (Å²) in [6.45, 7) is 0. The van der Waals surface area contributed by atoms with Crippen LogP contribution < -0.4 is 5.43 Å². The van der Waals surface area contributed by atoms with E-state index in [0.717, 1.165) is 55.6 Å². The zero-order valence-corrected chi connectivity index (χ0v) is 28.5. The number of fused-ring (bicyclic) bond motifs is 8. The van der Waals surface area contributed by atoms with E-state index in [-0.39, 0.29) is 5.43 Å². The minimum absolute atomic E-state index is 0.0309. The van der Waals surface area contributed by atoms with Crippen LogP contribution in [0.5, 0.6) is 0 Å². The summed E-state index contributed by atoms with van der Waals surface area (Å²) in [5.74, 6) is 0. The number of nitrogens with zero attached hydrogens (tertiary/aromatic N) is 2. The van der Waals surface area contributed by atoms with Crippen LogP contribution in [0.4, 0.5) is 0 Å². The molecule has 11 aromatic rings. The Morgan fingerprint density at radius 1 is 0.358 bits per heavy atom. The van der Waals surface area contributed by atoms with Gasteiger partial charge in [0, 0.05) is 32.9 Å². The molecule has 3 aromatic heterocycles. The molecular formula is C49H30N2O2. The lowest BCUT2D eigenvalue weighted by atomic mass is 9.97. The Balaban J connectivity index is 1.05. The second-order valence-electron chi connectivity index (χ2n) is 13.7. The number of para-hydroxylation sites is 4. The molecular weight excluding hydrogens is 649 g/mol. The molecule has 0 radical (unpaired) electrons. The van der Waals surface area contributed by atoms with Crippen molar-refractivity contribution in [3.05, 3.63) is 192 Å². The first-order valence-corrected chi connectivity index (χ1v) is 17.9. The van der Waals surface area contributed by atoms with E-state index < -0.39 is 0 Å². The van der Waals surface area contributed by atoms with E-state index in [4.69, 9.17) is 4.42 Å². The van der Waals surface area contributed by atoms with Crippen molar-refractivity contribution >= 4 is 65.6 Å². The Bertz CT molecular complexity index is 3300. The van der Waals surface area contributed by atoms with Gasteiger partial charge >= 0.3 is 0 Å². The summed E-state index contributed by atoms with van der Waals surface area (Å²) in [5, 5.41) is 5.84. The summed E-state index contributed by atoms with van der Waals surface area (Å²) in [5.41, 5.74) is 11.8. The van der Waals surface area contributed by atoms with Gasteiger partial charge in [-0.2, -0.15) is 0 Å². The molecule has 0 spiro atoms. The molecule has 0 aliphatic carbocycles. The molecule has 11 rings (SSSR count). The van der Waals surface area contributed by atoms with Gasteiger partial charge in [-0.25, -0.2) is 0 Å². The van der Waals surface area contributed by atoms with E-state index in [1.807, 2.05) is 48.5 Å². The molecule has 0 N–H and O–H groups in total. The van der Waals surface area contributed by atoms with Gasteiger partial charge in [0.2, 0.25) is 5.43 Å². The number of hydrogen-bond donors (Lipinski definition) is 0. The first kappa shape index (κ1) is 29.5. The van der Waals surface area contributed by atoms with Crippen molar-refractivity contribution in [1.29, 1.82) is 0 Å². The molecule has 0 saturated carbocycles. The lowest BCUT2D eigenvalue weighted by Crippen LogP contribution is -2.04. The molecule has 0 bridgehead atoms. The van der Waals surface area contributed by atoms with Gasteiger partial charge < -0.3 is 13.6 Å². The number of hydrogen-bond acceptors (Lipinski definition) is 2. The van der Waals surface area contributed by atoms with Crippen LogP contribution in [-0.2, 0) is 0 Å². The minimum atomic E-state index is -0.0309. The predicted molar refractivity (Wildman–Crippen MR) is 220 cm³/mol. The van der Waals surface area contributed by atoms with E-state index in [2.05, 4.69) is 143 Å². The molecule has 0 saturated heterocycles. The summed E-state index contributed by atoms with van der Waals surface area (Å²) in [6, 6.07) is 62.9. The van der Waals surface area contributed by atoms with Gasteiger partial charge in [0.1, 0.15) is 11.2 Å². The van der Waals surface area contributed by atoms with Gasteiger partial charge in [0.25, 0.3) is 0 Å². The standard InChI is InChI=1S/C49H30N2O2/c52-49-39-25-22-32(31-23-26-44-40(28-31)37-16-7-9-19-42(37)50(44)34-12-3-1-4-13-34)30-47(39)53-46-21-11-18-36(48(46)49)33-24-27-45-41(29-33)38-17-8-10-20-43(38)51(45)35-14-5-2-6-15-35/h1-30H. The quantitative estimate of drug-likeness (QED) is 0.174. The molecule has 248 valence electrons. The molecule has 0 unspecified atom stereocenters.